The van der Waals surface area contributed by atoms with Gasteiger partial charge in [0, 0.05) is 42.5 Å². The van der Waals surface area contributed by atoms with Crippen LogP contribution in [0.1, 0.15) is 25.3 Å². The Balaban J connectivity index is 1.45. The number of urea groups is 1. The van der Waals surface area contributed by atoms with Crippen LogP contribution in [0.2, 0.25) is 0 Å². The number of fused-ring (bicyclic) bond motifs is 1. The number of carbonyl (C=O) groups is 1. The average molecular weight is 547 g/mol. The molecule has 1 atom stereocenters. The number of benzene rings is 3. The number of hydrogen-bond donors (Lipinski definition) is 2. The van der Waals surface area contributed by atoms with Crippen LogP contribution in [0.15, 0.2) is 72.9 Å². The topological polar surface area (TPSA) is 85.0 Å². The fourth-order valence-corrected chi connectivity index (χ4v) is 4.54. The molecule has 0 aliphatic carbocycles. The molecule has 8 nitrogen and oxygen atoms in total. The third kappa shape index (κ3) is 7.31. The van der Waals surface area contributed by atoms with Gasteiger partial charge in [-0.2, -0.15) is 0 Å². The molecule has 0 spiro atoms. The van der Waals surface area contributed by atoms with E-state index in [-0.39, 0.29) is 12.1 Å². The fourth-order valence-electron chi connectivity index (χ4n) is 4.54. The van der Waals surface area contributed by atoms with E-state index in [1.807, 2.05) is 42.5 Å². The van der Waals surface area contributed by atoms with Crippen molar-refractivity contribution < 1.29 is 23.4 Å². The third-order valence-electron chi connectivity index (χ3n) is 6.57. The maximum Gasteiger partial charge on any atom is 0.322 e. The summed E-state index contributed by atoms with van der Waals surface area (Å²) in [5.74, 6) is 1.54. The minimum atomic E-state index is -0.413. The molecule has 9 heteroatoms. The normalized spacial score (nSPS) is 11.5. The standard InChI is InChI=1S/C31H35FN4O4/c1-21(34-27-19-26(38-2)17-23-9-6-14-33-30(23)27)8-7-15-36(31(37)35-25-11-5-10-24(32)18-25)20-22-12-13-28(39-3)29(16-22)40-4/h5-6,9-14,16-19,21,34H,7-8,15,20H2,1-4H3,(H,35,37). The monoisotopic (exact) mass is 546 g/mol. The second kappa shape index (κ2) is 13.5. The zero-order chi connectivity index (χ0) is 28.5. The van der Waals surface area contributed by atoms with E-state index < -0.39 is 5.82 Å². The van der Waals surface area contributed by atoms with E-state index in [0.717, 1.165) is 40.7 Å². The molecule has 2 amide bonds. The van der Waals surface area contributed by atoms with Crippen LogP contribution in [0.5, 0.6) is 17.2 Å². The molecule has 0 aliphatic heterocycles. The zero-order valence-electron chi connectivity index (χ0n) is 23.2. The lowest BCUT2D eigenvalue weighted by atomic mass is 10.1. The van der Waals surface area contributed by atoms with Crippen LogP contribution < -0.4 is 24.8 Å². The number of anilines is 2. The van der Waals surface area contributed by atoms with E-state index in [1.54, 1.807) is 44.6 Å². The second-order valence-electron chi connectivity index (χ2n) is 9.49. The minimum absolute atomic E-state index is 0.103. The Morgan fingerprint density at radius 2 is 1.80 bits per heavy atom. The van der Waals surface area contributed by atoms with E-state index in [9.17, 15) is 9.18 Å². The minimum Gasteiger partial charge on any atom is -0.497 e. The Hall–Kier alpha value is -4.53. The van der Waals surface area contributed by atoms with Gasteiger partial charge in [-0.25, -0.2) is 9.18 Å². The highest BCUT2D eigenvalue weighted by atomic mass is 19.1. The molecule has 4 aromatic rings. The van der Waals surface area contributed by atoms with Gasteiger partial charge in [-0.15, -0.1) is 0 Å². The number of aromatic nitrogens is 1. The van der Waals surface area contributed by atoms with E-state index in [4.69, 9.17) is 14.2 Å². The number of hydrogen-bond acceptors (Lipinski definition) is 6. The van der Waals surface area contributed by atoms with E-state index in [1.165, 1.54) is 12.1 Å². The lowest BCUT2D eigenvalue weighted by molar-refractivity contribution is 0.207. The maximum absolute atomic E-state index is 13.7. The van der Waals surface area contributed by atoms with E-state index >= 15 is 0 Å². The van der Waals surface area contributed by atoms with E-state index in [0.29, 0.717) is 30.3 Å². The summed E-state index contributed by atoms with van der Waals surface area (Å²) in [6, 6.07) is 19.0. The lowest BCUT2D eigenvalue weighted by Gasteiger charge is -2.25. The molecule has 210 valence electrons. The third-order valence-corrected chi connectivity index (χ3v) is 6.57. The molecule has 0 saturated carbocycles. The highest BCUT2D eigenvalue weighted by molar-refractivity contribution is 5.92. The first-order valence-corrected chi connectivity index (χ1v) is 13.1. The Labute approximate surface area is 234 Å². The van der Waals surface area contributed by atoms with Crippen molar-refractivity contribution in [2.24, 2.45) is 0 Å². The van der Waals surface area contributed by atoms with Crippen LogP contribution in [0.3, 0.4) is 0 Å². The summed E-state index contributed by atoms with van der Waals surface area (Å²) in [5, 5.41) is 7.36. The van der Waals surface area contributed by atoms with Gasteiger partial charge < -0.3 is 29.7 Å². The van der Waals surface area contributed by atoms with Gasteiger partial charge in [0.25, 0.3) is 0 Å². The van der Waals surface area contributed by atoms with Crippen LogP contribution in [0.4, 0.5) is 20.6 Å². The summed E-state index contributed by atoms with van der Waals surface area (Å²) in [7, 11) is 4.80. The van der Waals surface area contributed by atoms with Crippen LogP contribution in [0, 0.1) is 5.82 Å². The highest BCUT2D eigenvalue weighted by Gasteiger charge is 2.17. The summed E-state index contributed by atoms with van der Waals surface area (Å²) < 4.78 is 30.0. The predicted octanol–water partition coefficient (Wildman–Crippen LogP) is 6.71. The molecule has 40 heavy (non-hydrogen) atoms. The number of rotatable bonds is 12. The fraction of sp³-hybridized carbons (Fsp3) is 0.290. The quantitative estimate of drug-likeness (QED) is 0.205. The Morgan fingerprint density at radius 1 is 0.975 bits per heavy atom. The van der Waals surface area contributed by atoms with Crippen molar-refractivity contribution >= 4 is 28.3 Å². The summed E-state index contributed by atoms with van der Waals surface area (Å²) in [4.78, 5) is 19.5. The molecule has 0 aliphatic rings. The highest BCUT2D eigenvalue weighted by Crippen LogP contribution is 2.30. The first-order valence-electron chi connectivity index (χ1n) is 13.1. The van der Waals surface area contributed by atoms with E-state index in [2.05, 4.69) is 22.5 Å². The molecule has 1 aromatic heterocycles. The Morgan fingerprint density at radius 3 is 2.55 bits per heavy atom. The van der Waals surface area contributed by atoms with Gasteiger partial charge in [-0.1, -0.05) is 18.2 Å². The summed E-state index contributed by atoms with van der Waals surface area (Å²) in [6.07, 6.45) is 3.29. The summed E-state index contributed by atoms with van der Waals surface area (Å²) in [5.41, 5.74) is 3.05. The molecular formula is C31H35FN4O4. The second-order valence-corrected chi connectivity index (χ2v) is 9.49. The Bertz CT molecular complexity index is 1450. The zero-order valence-corrected chi connectivity index (χ0v) is 23.2. The van der Waals surface area contributed by atoms with Crippen LogP contribution >= 0.6 is 0 Å². The molecular weight excluding hydrogens is 511 g/mol. The molecule has 0 radical (unpaired) electrons. The van der Waals surface area contributed by atoms with Gasteiger partial charge in [-0.3, -0.25) is 4.98 Å². The van der Waals surface area contributed by atoms with Gasteiger partial charge in [-0.05, 0) is 67.8 Å². The van der Waals surface area contributed by atoms with Crippen molar-refractivity contribution in [1.29, 1.82) is 0 Å². The molecule has 0 saturated heterocycles. The molecule has 0 fully saturated rings. The lowest BCUT2D eigenvalue weighted by Crippen LogP contribution is -2.35. The number of pyridine rings is 1. The molecule has 0 bridgehead atoms. The van der Waals surface area contributed by atoms with Crippen molar-refractivity contribution in [2.45, 2.75) is 32.4 Å². The number of nitrogens with one attached hydrogen (secondary N) is 2. The van der Waals surface area contributed by atoms with Crippen LogP contribution in [-0.2, 0) is 6.54 Å². The molecule has 1 unspecified atom stereocenters. The molecule has 2 N–H and O–H groups in total. The van der Waals surface area contributed by atoms with Gasteiger partial charge in [0.2, 0.25) is 0 Å². The van der Waals surface area contributed by atoms with Crippen LogP contribution in [-0.4, -0.2) is 49.8 Å². The van der Waals surface area contributed by atoms with Crippen molar-refractivity contribution in [3.05, 3.63) is 84.3 Å². The van der Waals surface area contributed by atoms with Crippen molar-refractivity contribution in [3.63, 3.8) is 0 Å². The number of methoxy groups -OCH3 is 3. The van der Waals surface area contributed by atoms with Gasteiger partial charge >= 0.3 is 6.03 Å². The maximum atomic E-state index is 13.7. The first kappa shape index (κ1) is 28.5. The number of amides is 2. The molecule has 3 aromatic carbocycles. The average Bonchev–Trinajstić information content (AvgIpc) is 2.96. The van der Waals surface area contributed by atoms with Crippen molar-refractivity contribution in [1.82, 2.24) is 9.88 Å². The summed E-state index contributed by atoms with van der Waals surface area (Å²) >= 11 is 0. The smallest absolute Gasteiger partial charge is 0.322 e. The molecule has 4 rings (SSSR count). The Kier molecular flexibility index (Phi) is 9.62. The molecule has 1 heterocycles. The number of carbonyl (C=O) groups excluding carboxylic acids is 1. The number of halogens is 1. The number of ether oxygens (including phenoxy) is 3. The van der Waals surface area contributed by atoms with Crippen LogP contribution in [0.25, 0.3) is 10.9 Å². The van der Waals surface area contributed by atoms with Gasteiger partial charge in [0.15, 0.2) is 11.5 Å². The van der Waals surface area contributed by atoms with Gasteiger partial charge in [0.05, 0.1) is 32.5 Å². The predicted molar refractivity (Wildman–Crippen MR) is 156 cm³/mol. The summed E-state index contributed by atoms with van der Waals surface area (Å²) in [6.45, 7) is 2.92. The van der Waals surface area contributed by atoms with Crippen molar-refractivity contribution in [2.75, 3.05) is 38.5 Å². The largest absolute Gasteiger partial charge is 0.497 e. The first-order chi connectivity index (χ1) is 19.4. The number of nitrogens with zero attached hydrogens (tertiary/aromatic N) is 2. The van der Waals surface area contributed by atoms with Gasteiger partial charge in [0.1, 0.15) is 11.6 Å². The SMILES string of the molecule is COc1cc(NC(C)CCCN(Cc2ccc(OC)c(OC)c2)C(=O)Nc2cccc(F)c2)c2ncccc2c1. The van der Waals surface area contributed by atoms with Crippen molar-refractivity contribution in [3.8, 4) is 17.2 Å².